The van der Waals surface area contributed by atoms with Crippen molar-refractivity contribution in [3.8, 4) is 0 Å². The summed E-state index contributed by atoms with van der Waals surface area (Å²) in [7, 11) is 0. The zero-order valence-corrected chi connectivity index (χ0v) is 15.4. The van der Waals surface area contributed by atoms with Crippen LogP contribution in [0.1, 0.15) is 46.5 Å². The lowest BCUT2D eigenvalue weighted by atomic mass is 9.39. The third kappa shape index (κ3) is 1.82. The van der Waals surface area contributed by atoms with Gasteiger partial charge < -0.3 is 25.5 Å². The molecule has 0 aliphatic heterocycles. The topological polar surface area (TPSA) is 101 Å². The van der Waals surface area contributed by atoms with Crippen molar-refractivity contribution < 1.29 is 25.5 Å². The fourth-order valence-corrected chi connectivity index (χ4v) is 7.75. The van der Waals surface area contributed by atoms with Gasteiger partial charge in [0.2, 0.25) is 0 Å². The molecule has 4 saturated carbocycles. The predicted octanol–water partition coefficient (Wildman–Crippen LogP) is 0.829. The minimum Gasteiger partial charge on any atom is -0.392 e. The Morgan fingerprint density at radius 2 is 1.60 bits per heavy atom. The quantitative estimate of drug-likeness (QED) is 0.416. The molecule has 1 spiro atoms. The Morgan fingerprint density at radius 1 is 0.960 bits per heavy atom. The molecule has 142 valence electrons. The molecule has 10 atom stereocenters. The molecule has 0 heterocycles. The first-order valence-corrected chi connectivity index (χ1v) is 9.60. The van der Waals surface area contributed by atoms with Crippen LogP contribution in [0.25, 0.3) is 0 Å². The molecule has 0 aromatic carbocycles. The molecule has 0 amide bonds. The summed E-state index contributed by atoms with van der Waals surface area (Å²) in [6, 6.07) is 0. The highest BCUT2D eigenvalue weighted by molar-refractivity contribution is 5.35. The summed E-state index contributed by atoms with van der Waals surface area (Å²) in [5, 5.41) is 55.1. The van der Waals surface area contributed by atoms with Crippen LogP contribution in [0.3, 0.4) is 0 Å². The maximum Gasteiger partial charge on any atom is 0.0893 e. The maximum absolute atomic E-state index is 11.2. The number of fused-ring (bicyclic) bond motifs is 3. The lowest BCUT2D eigenvalue weighted by Gasteiger charge is -2.67. The number of aliphatic hydroxyl groups is 5. The molecular formula is C20H32O5. The van der Waals surface area contributed by atoms with Crippen LogP contribution in [0.15, 0.2) is 12.2 Å². The molecule has 4 rings (SSSR count). The Balaban J connectivity index is 1.93. The molecule has 5 N–H and O–H groups in total. The average Bonchev–Trinajstić information content (AvgIpc) is 2.66. The van der Waals surface area contributed by atoms with Crippen LogP contribution in [0.2, 0.25) is 0 Å². The minimum atomic E-state index is -1.24. The Labute approximate surface area is 149 Å². The van der Waals surface area contributed by atoms with Crippen LogP contribution < -0.4 is 0 Å². The Morgan fingerprint density at radius 3 is 2.24 bits per heavy atom. The SMILES string of the molecule is C=C1[C@@H]2[C@@H](O)[C@H](O)C3[C@]([C@H](O)C[C@@H]4C(C)(C)CCC[C@@]34C)([C@@H]1O)[C@@H]2O. The summed E-state index contributed by atoms with van der Waals surface area (Å²) in [6.45, 7) is 10.4. The molecule has 25 heavy (non-hydrogen) atoms. The standard InChI is InChI=1S/C20H32O5/c1-9-12-13(22)14(23)15-19(4)7-5-6-18(2,3)10(19)8-11(21)20(15,16(9)24)17(12)25/h10-17,21-25H,1,5-8H2,2-4H3/t10-,11-,12-,13-,14+,15?,16-,17-,19-,20-/m1/s1. The van der Waals surface area contributed by atoms with E-state index < -0.39 is 47.8 Å². The van der Waals surface area contributed by atoms with Gasteiger partial charge in [0.1, 0.15) is 0 Å². The molecule has 4 aliphatic rings. The molecule has 5 heteroatoms. The Hall–Kier alpha value is -0.460. The van der Waals surface area contributed by atoms with E-state index in [0.717, 1.165) is 19.3 Å². The van der Waals surface area contributed by atoms with Gasteiger partial charge in [-0.05, 0) is 41.6 Å². The maximum atomic E-state index is 11.2. The van der Waals surface area contributed by atoms with Gasteiger partial charge in [-0.25, -0.2) is 0 Å². The molecule has 2 bridgehead atoms. The molecule has 0 aromatic heterocycles. The van der Waals surface area contributed by atoms with Gasteiger partial charge in [-0.1, -0.05) is 33.8 Å². The van der Waals surface area contributed by atoms with Crippen LogP contribution in [0, 0.1) is 34.0 Å². The number of hydrogen-bond donors (Lipinski definition) is 5. The molecule has 4 fully saturated rings. The molecule has 0 aromatic rings. The Kier molecular flexibility index (Phi) is 3.64. The zero-order chi connectivity index (χ0) is 18.5. The van der Waals surface area contributed by atoms with E-state index in [2.05, 4.69) is 27.4 Å². The van der Waals surface area contributed by atoms with E-state index in [1.807, 2.05) is 0 Å². The second-order valence-electron chi connectivity index (χ2n) is 10.1. The molecule has 1 unspecified atom stereocenters. The third-order valence-corrected chi connectivity index (χ3v) is 8.73. The van der Waals surface area contributed by atoms with Crippen LogP contribution in [0.4, 0.5) is 0 Å². The van der Waals surface area contributed by atoms with E-state index >= 15 is 0 Å². The fraction of sp³-hybridized carbons (Fsp3) is 0.900. The molecule has 0 radical (unpaired) electrons. The van der Waals surface area contributed by atoms with Crippen molar-refractivity contribution in [3.63, 3.8) is 0 Å². The largest absolute Gasteiger partial charge is 0.392 e. The predicted molar refractivity (Wildman–Crippen MR) is 92.4 cm³/mol. The lowest BCUT2D eigenvalue weighted by molar-refractivity contribution is -0.293. The van der Waals surface area contributed by atoms with Crippen molar-refractivity contribution in [2.24, 2.45) is 34.0 Å². The third-order valence-electron chi connectivity index (χ3n) is 8.73. The highest BCUT2D eigenvalue weighted by Crippen LogP contribution is 2.71. The summed E-state index contributed by atoms with van der Waals surface area (Å²) in [4.78, 5) is 0. The second-order valence-corrected chi connectivity index (χ2v) is 10.1. The van der Waals surface area contributed by atoms with Gasteiger partial charge in [-0.3, -0.25) is 0 Å². The van der Waals surface area contributed by atoms with E-state index in [-0.39, 0.29) is 16.7 Å². The first-order valence-electron chi connectivity index (χ1n) is 9.60. The molecule has 0 saturated heterocycles. The molecule has 5 nitrogen and oxygen atoms in total. The van der Waals surface area contributed by atoms with E-state index in [0.29, 0.717) is 12.0 Å². The number of hydrogen-bond acceptors (Lipinski definition) is 5. The van der Waals surface area contributed by atoms with Crippen molar-refractivity contribution in [1.82, 2.24) is 0 Å². The summed E-state index contributed by atoms with van der Waals surface area (Å²) < 4.78 is 0. The highest BCUT2D eigenvalue weighted by atomic mass is 16.3. The summed E-state index contributed by atoms with van der Waals surface area (Å²) in [5.41, 5.74) is -1.25. The van der Waals surface area contributed by atoms with Gasteiger partial charge >= 0.3 is 0 Å². The smallest absolute Gasteiger partial charge is 0.0893 e. The Bertz CT molecular complexity index is 603. The van der Waals surface area contributed by atoms with E-state index in [4.69, 9.17) is 0 Å². The van der Waals surface area contributed by atoms with Crippen molar-refractivity contribution in [3.05, 3.63) is 12.2 Å². The minimum absolute atomic E-state index is 0.00261. The van der Waals surface area contributed by atoms with Crippen LogP contribution in [0.5, 0.6) is 0 Å². The summed E-state index contributed by atoms with van der Waals surface area (Å²) in [6.07, 6.45) is -1.96. The van der Waals surface area contributed by atoms with Crippen molar-refractivity contribution in [2.75, 3.05) is 0 Å². The van der Waals surface area contributed by atoms with Crippen molar-refractivity contribution >= 4 is 0 Å². The van der Waals surface area contributed by atoms with E-state index in [9.17, 15) is 25.5 Å². The monoisotopic (exact) mass is 352 g/mol. The fourth-order valence-electron chi connectivity index (χ4n) is 7.75. The number of aliphatic hydroxyl groups excluding tert-OH is 5. The first kappa shape index (κ1) is 17.9. The zero-order valence-electron chi connectivity index (χ0n) is 15.4. The van der Waals surface area contributed by atoms with E-state index in [1.165, 1.54) is 0 Å². The van der Waals surface area contributed by atoms with Gasteiger partial charge in [0, 0.05) is 11.8 Å². The van der Waals surface area contributed by atoms with Crippen molar-refractivity contribution in [2.45, 2.75) is 77.0 Å². The van der Waals surface area contributed by atoms with Crippen LogP contribution in [-0.4, -0.2) is 56.1 Å². The van der Waals surface area contributed by atoms with E-state index in [1.54, 1.807) is 0 Å². The number of rotatable bonds is 0. The molecular weight excluding hydrogens is 320 g/mol. The van der Waals surface area contributed by atoms with Crippen molar-refractivity contribution in [1.29, 1.82) is 0 Å². The van der Waals surface area contributed by atoms with Gasteiger partial charge in [-0.2, -0.15) is 0 Å². The average molecular weight is 352 g/mol. The van der Waals surface area contributed by atoms with Crippen LogP contribution >= 0.6 is 0 Å². The molecule has 4 aliphatic carbocycles. The van der Waals surface area contributed by atoms with Crippen LogP contribution in [-0.2, 0) is 0 Å². The second kappa shape index (κ2) is 5.08. The van der Waals surface area contributed by atoms with Gasteiger partial charge in [0.15, 0.2) is 0 Å². The summed E-state index contributed by atoms with van der Waals surface area (Å²) >= 11 is 0. The highest BCUT2D eigenvalue weighted by Gasteiger charge is 2.77. The van der Waals surface area contributed by atoms with Gasteiger partial charge in [-0.15, -0.1) is 0 Å². The first-order chi connectivity index (χ1) is 11.5. The van der Waals surface area contributed by atoms with Gasteiger partial charge in [0.25, 0.3) is 0 Å². The lowest BCUT2D eigenvalue weighted by Crippen LogP contribution is -2.73. The normalized spacial score (nSPS) is 60.1. The van der Waals surface area contributed by atoms with Gasteiger partial charge in [0.05, 0.1) is 35.9 Å². The summed E-state index contributed by atoms with van der Waals surface area (Å²) in [5.74, 6) is -1.19.